The summed E-state index contributed by atoms with van der Waals surface area (Å²) in [5.74, 6) is -1.39. The van der Waals surface area contributed by atoms with Gasteiger partial charge in [-0.25, -0.2) is 4.79 Å². The smallest absolute Gasteiger partial charge is 0.408 e. The largest absolute Gasteiger partial charge is 0.445 e. The van der Waals surface area contributed by atoms with Crippen molar-refractivity contribution in [3.05, 3.63) is 96.1 Å². The number of amides is 3. The number of alkyl carbamates (subject to hydrolysis) is 1. The van der Waals surface area contributed by atoms with Gasteiger partial charge in [-0.15, -0.1) is 0 Å². The Morgan fingerprint density at radius 1 is 0.771 bits per heavy atom. The third kappa shape index (κ3) is 7.71. The maximum Gasteiger partial charge on any atom is 0.408 e. The highest BCUT2D eigenvalue weighted by Gasteiger charge is 2.28. The Bertz CT molecular complexity index is 1120. The highest BCUT2D eigenvalue weighted by molar-refractivity contribution is 5.91. The first-order chi connectivity index (χ1) is 16.8. The number of nitrogens with two attached hydrogens (primary N) is 1. The molecule has 0 heterocycles. The van der Waals surface area contributed by atoms with Crippen molar-refractivity contribution in [1.82, 2.24) is 10.6 Å². The van der Waals surface area contributed by atoms with Gasteiger partial charge in [-0.3, -0.25) is 9.59 Å². The van der Waals surface area contributed by atoms with Crippen molar-refractivity contribution in [3.8, 4) is 11.1 Å². The van der Waals surface area contributed by atoms with E-state index in [0.29, 0.717) is 0 Å². The van der Waals surface area contributed by atoms with Crippen molar-refractivity contribution in [2.45, 2.75) is 39.0 Å². The lowest BCUT2D eigenvalue weighted by Crippen LogP contribution is -2.55. The molecule has 3 amide bonds. The molecule has 7 nitrogen and oxygen atoms in total. The van der Waals surface area contributed by atoms with Gasteiger partial charge in [0.25, 0.3) is 0 Å². The van der Waals surface area contributed by atoms with Crippen LogP contribution >= 0.6 is 0 Å². The number of nitrogens with one attached hydrogen (secondary N) is 2. The molecule has 2 atom stereocenters. The van der Waals surface area contributed by atoms with Gasteiger partial charge < -0.3 is 21.1 Å². The van der Waals surface area contributed by atoms with E-state index in [9.17, 15) is 14.4 Å². The fourth-order valence-electron chi connectivity index (χ4n) is 3.61. The zero-order valence-electron chi connectivity index (χ0n) is 19.9. The average Bonchev–Trinajstić information content (AvgIpc) is 2.87. The molecule has 182 valence electrons. The summed E-state index contributed by atoms with van der Waals surface area (Å²) in [4.78, 5) is 37.3. The molecule has 0 spiro atoms. The van der Waals surface area contributed by atoms with Crippen molar-refractivity contribution in [1.29, 1.82) is 0 Å². The van der Waals surface area contributed by atoms with E-state index >= 15 is 0 Å². The van der Waals surface area contributed by atoms with Crippen LogP contribution in [0.2, 0.25) is 0 Å². The van der Waals surface area contributed by atoms with E-state index in [1.54, 1.807) is 13.8 Å². The van der Waals surface area contributed by atoms with Crippen LogP contribution in [0.5, 0.6) is 0 Å². The molecule has 0 aliphatic carbocycles. The Morgan fingerprint density at radius 2 is 1.34 bits per heavy atom. The van der Waals surface area contributed by atoms with E-state index in [2.05, 4.69) is 10.6 Å². The van der Waals surface area contributed by atoms with Crippen molar-refractivity contribution in [2.75, 3.05) is 0 Å². The van der Waals surface area contributed by atoms with E-state index in [1.807, 2.05) is 84.9 Å². The molecule has 7 heteroatoms. The molecule has 0 bridgehead atoms. The molecule has 0 aliphatic rings. The number of ether oxygens (including phenoxy) is 1. The number of benzene rings is 3. The highest BCUT2D eigenvalue weighted by Crippen LogP contribution is 2.20. The van der Waals surface area contributed by atoms with Crippen LogP contribution in [-0.4, -0.2) is 30.0 Å². The Morgan fingerprint density at radius 3 is 1.91 bits per heavy atom. The molecule has 35 heavy (non-hydrogen) atoms. The number of primary amides is 1. The number of hydrogen-bond acceptors (Lipinski definition) is 4. The molecule has 0 saturated heterocycles. The van der Waals surface area contributed by atoms with E-state index in [0.717, 1.165) is 22.3 Å². The molecule has 3 rings (SSSR count). The van der Waals surface area contributed by atoms with Gasteiger partial charge in [0, 0.05) is 6.42 Å². The Labute approximate surface area is 205 Å². The fraction of sp³-hybridized carbons (Fsp3) is 0.250. The van der Waals surface area contributed by atoms with Crippen LogP contribution < -0.4 is 16.4 Å². The minimum absolute atomic E-state index is 0.0853. The summed E-state index contributed by atoms with van der Waals surface area (Å²) in [6, 6.07) is 25.1. The van der Waals surface area contributed by atoms with Crippen LogP contribution in [0.1, 0.15) is 25.0 Å². The minimum atomic E-state index is -0.923. The lowest BCUT2D eigenvalue weighted by molar-refractivity contribution is -0.129. The number of hydrogen-bond donors (Lipinski definition) is 3. The number of rotatable bonds is 10. The summed E-state index contributed by atoms with van der Waals surface area (Å²) >= 11 is 0. The topological polar surface area (TPSA) is 111 Å². The van der Waals surface area contributed by atoms with Gasteiger partial charge in [0.15, 0.2) is 0 Å². The average molecular weight is 474 g/mol. The zero-order chi connectivity index (χ0) is 25.2. The molecule has 0 saturated carbocycles. The summed E-state index contributed by atoms with van der Waals surface area (Å²) < 4.78 is 5.23. The third-order valence-electron chi connectivity index (χ3n) is 5.60. The molecule has 3 aromatic rings. The number of carbonyl (C=O) groups excluding carboxylic acids is 3. The Hall–Kier alpha value is -4.13. The van der Waals surface area contributed by atoms with Gasteiger partial charge in [-0.1, -0.05) is 98.8 Å². The van der Waals surface area contributed by atoms with E-state index in [-0.39, 0.29) is 18.9 Å². The Kier molecular flexibility index (Phi) is 9.01. The van der Waals surface area contributed by atoms with Crippen LogP contribution in [-0.2, 0) is 27.4 Å². The predicted molar refractivity (Wildman–Crippen MR) is 135 cm³/mol. The summed E-state index contributed by atoms with van der Waals surface area (Å²) in [6.45, 7) is 3.68. The van der Waals surface area contributed by atoms with E-state index in [4.69, 9.17) is 10.5 Å². The van der Waals surface area contributed by atoms with Crippen molar-refractivity contribution < 1.29 is 19.1 Å². The molecule has 0 aromatic heterocycles. The molecule has 0 unspecified atom stereocenters. The molecular weight excluding hydrogens is 442 g/mol. The summed E-state index contributed by atoms with van der Waals surface area (Å²) in [5.41, 5.74) is 9.40. The van der Waals surface area contributed by atoms with Gasteiger partial charge in [0.2, 0.25) is 11.8 Å². The zero-order valence-corrected chi connectivity index (χ0v) is 19.9. The van der Waals surface area contributed by atoms with Gasteiger partial charge in [0.1, 0.15) is 18.7 Å². The van der Waals surface area contributed by atoms with Crippen LogP contribution in [0.4, 0.5) is 4.79 Å². The SMILES string of the molecule is CC(C)[C@@H](NC(=O)OCc1ccccc1)C(=O)N[C@@H](Cc1ccc(-c2ccccc2)cc1)C(N)=O. The van der Waals surface area contributed by atoms with Gasteiger partial charge in [0.05, 0.1) is 0 Å². The molecule has 0 fully saturated rings. The fourth-order valence-corrected chi connectivity index (χ4v) is 3.61. The first-order valence-electron chi connectivity index (χ1n) is 11.5. The standard InChI is InChI=1S/C28H31N3O4/c1-19(2)25(31-28(34)35-18-21-9-5-3-6-10-21)27(33)30-24(26(29)32)17-20-13-15-23(16-14-20)22-11-7-4-8-12-22/h3-16,19,24-25H,17-18H2,1-2H3,(H2,29,32)(H,30,33)(H,31,34)/t24-,25+/m0/s1. The van der Waals surface area contributed by atoms with Crippen LogP contribution in [0.15, 0.2) is 84.9 Å². The quantitative estimate of drug-likeness (QED) is 0.416. The van der Waals surface area contributed by atoms with Gasteiger partial charge in [-0.2, -0.15) is 0 Å². The number of carbonyl (C=O) groups is 3. The molecule has 0 radical (unpaired) electrons. The van der Waals surface area contributed by atoms with Gasteiger partial charge in [-0.05, 0) is 28.2 Å². The van der Waals surface area contributed by atoms with Crippen LogP contribution in [0.3, 0.4) is 0 Å². The second-order valence-electron chi connectivity index (χ2n) is 8.66. The highest BCUT2D eigenvalue weighted by atomic mass is 16.5. The minimum Gasteiger partial charge on any atom is -0.445 e. The van der Waals surface area contributed by atoms with Gasteiger partial charge >= 0.3 is 6.09 Å². The molecular formula is C28H31N3O4. The normalized spacial score (nSPS) is 12.4. The predicted octanol–water partition coefficient (Wildman–Crippen LogP) is 3.82. The third-order valence-corrected chi connectivity index (χ3v) is 5.60. The molecule has 3 aromatic carbocycles. The first-order valence-corrected chi connectivity index (χ1v) is 11.5. The lowest BCUT2D eigenvalue weighted by atomic mass is 9.99. The summed E-state index contributed by atoms with van der Waals surface area (Å²) in [5, 5.41) is 5.28. The summed E-state index contributed by atoms with van der Waals surface area (Å²) in [7, 11) is 0. The lowest BCUT2D eigenvalue weighted by Gasteiger charge is -2.24. The monoisotopic (exact) mass is 473 g/mol. The van der Waals surface area contributed by atoms with Crippen LogP contribution in [0.25, 0.3) is 11.1 Å². The molecule has 0 aliphatic heterocycles. The van der Waals surface area contributed by atoms with Crippen molar-refractivity contribution >= 4 is 17.9 Å². The second kappa shape index (κ2) is 12.4. The van der Waals surface area contributed by atoms with E-state index < -0.39 is 30.0 Å². The second-order valence-corrected chi connectivity index (χ2v) is 8.66. The first kappa shape index (κ1) is 25.5. The van der Waals surface area contributed by atoms with Crippen molar-refractivity contribution in [3.63, 3.8) is 0 Å². The maximum absolute atomic E-state index is 12.9. The Balaban J connectivity index is 1.60. The van der Waals surface area contributed by atoms with Crippen molar-refractivity contribution in [2.24, 2.45) is 11.7 Å². The maximum atomic E-state index is 12.9. The van der Waals surface area contributed by atoms with E-state index in [1.165, 1.54) is 0 Å². The summed E-state index contributed by atoms with van der Waals surface area (Å²) in [6.07, 6.45) is -0.478. The molecule has 4 N–H and O–H groups in total. The van der Waals surface area contributed by atoms with Crippen LogP contribution in [0, 0.1) is 5.92 Å².